The van der Waals surface area contributed by atoms with Gasteiger partial charge in [0.05, 0.1) is 33.2 Å². The smallest absolute Gasteiger partial charge is 0.243 e. The molecule has 1 aliphatic heterocycles. The average molecular weight is 762 g/mol. The van der Waals surface area contributed by atoms with Crippen molar-refractivity contribution in [3.63, 3.8) is 0 Å². The van der Waals surface area contributed by atoms with Crippen LogP contribution < -0.4 is 31.9 Å². The second-order valence-electron chi connectivity index (χ2n) is 10.7. The van der Waals surface area contributed by atoms with Crippen LogP contribution in [-0.4, -0.2) is 167 Å². The molecule has 0 aromatic heterocycles. The summed E-state index contributed by atoms with van der Waals surface area (Å²) in [7, 11) is 1.47. The van der Waals surface area contributed by atoms with Crippen molar-refractivity contribution >= 4 is 67.0 Å². The van der Waals surface area contributed by atoms with E-state index < -0.39 is 85.0 Å². The second kappa shape index (κ2) is 25.2. The Hall–Kier alpha value is -3.80. The van der Waals surface area contributed by atoms with Crippen molar-refractivity contribution in [2.24, 2.45) is 0 Å². The molecule has 0 bridgehead atoms. The fourth-order valence-electron chi connectivity index (χ4n) is 4.14. The van der Waals surface area contributed by atoms with Gasteiger partial charge in [-0.1, -0.05) is 7.43 Å². The minimum Gasteiger partial charge on any atom is -0.346 e. The summed E-state index contributed by atoms with van der Waals surface area (Å²) >= 11 is 0. The van der Waals surface area contributed by atoms with Gasteiger partial charge in [-0.2, -0.15) is 4.99 Å². The molecule has 3 radical (unpaired) electrons. The molecule has 0 saturated carbocycles. The summed E-state index contributed by atoms with van der Waals surface area (Å²) in [6.45, 7) is 0.342. The molecule has 8 amide bonds. The number of hydrogen-bond acceptors (Lipinski definition) is 12. The molecule has 3 unspecified atom stereocenters. The molecular weight excluding hydrogens is 712 g/mol. The van der Waals surface area contributed by atoms with Crippen molar-refractivity contribution in [1.82, 2.24) is 47.1 Å². The molecule has 21 nitrogen and oxygen atoms in total. The minimum atomic E-state index is -1.36. The third kappa shape index (κ3) is 19.7. The molecule has 3 atom stereocenters. The van der Waals surface area contributed by atoms with Crippen molar-refractivity contribution in [3.05, 3.63) is 0 Å². The Morgan fingerprint density at radius 2 is 1.02 bits per heavy atom. The van der Waals surface area contributed by atoms with Gasteiger partial charge in [-0.15, -0.1) is 5.26 Å². The van der Waals surface area contributed by atoms with Crippen molar-refractivity contribution in [1.29, 1.82) is 0 Å². The molecule has 10 N–H and O–H groups in total. The maximum atomic E-state index is 13.5. The molecule has 0 aromatic rings. The minimum absolute atomic E-state index is 0. The van der Waals surface area contributed by atoms with Gasteiger partial charge in [0.2, 0.25) is 47.3 Å². The molecule has 1 rings (SSSR count). The van der Waals surface area contributed by atoms with Gasteiger partial charge in [-0.3, -0.25) is 48.8 Å². The van der Waals surface area contributed by atoms with Gasteiger partial charge in [0.1, 0.15) is 18.1 Å². The van der Waals surface area contributed by atoms with Crippen LogP contribution >= 0.6 is 0 Å². The van der Waals surface area contributed by atoms with Gasteiger partial charge in [0, 0.05) is 46.7 Å². The van der Waals surface area contributed by atoms with E-state index in [2.05, 4.69) is 36.9 Å². The third-order valence-electron chi connectivity index (χ3n) is 6.81. The standard InChI is InChI=1S/C26H45N9O12.CH4.Ga/c1-16(36)34(44)11-5-8-19-25(42)32-20(9-6-12-35(45)17(2)37)26(43)31-18(7-4-10-33(3)47-46)24(41)29-14-22(39)27-13-21(38)28-15-23(40)30-19;;/h18-20,44-46H,4-15H2,1-3H3,(H,27,39)(H,28,38)(H,29,41)(H,30,40)(H,31,43)(H,32,42);1H4;/p+1. The van der Waals surface area contributed by atoms with Crippen LogP contribution in [0.25, 0.3) is 0 Å². The molecule has 1 saturated heterocycles. The summed E-state index contributed by atoms with van der Waals surface area (Å²) in [6, 6.07) is -3.92. The van der Waals surface area contributed by atoms with E-state index in [1.807, 2.05) is 0 Å². The fourth-order valence-corrected chi connectivity index (χ4v) is 4.14. The third-order valence-corrected chi connectivity index (χ3v) is 6.81. The zero-order valence-electron chi connectivity index (χ0n) is 27.2. The molecule has 1 heterocycles. The molecule has 22 heteroatoms. The van der Waals surface area contributed by atoms with Crippen LogP contribution in [0.2, 0.25) is 0 Å². The molecule has 1 aliphatic rings. The van der Waals surface area contributed by atoms with Gasteiger partial charge < -0.3 is 31.9 Å². The van der Waals surface area contributed by atoms with Gasteiger partial charge in [0.15, 0.2) is 0 Å². The topological polar surface area (TPSA) is 292 Å². The number of hydroxylamine groups is 6. The van der Waals surface area contributed by atoms with Gasteiger partial charge >= 0.3 is 0 Å². The summed E-state index contributed by atoms with van der Waals surface area (Å²) < 4.78 is 0. The zero-order chi connectivity index (χ0) is 35.5. The van der Waals surface area contributed by atoms with Gasteiger partial charge in [0.25, 0.3) is 0 Å². The molecular formula is C27H50GaN9O12+. The van der Waals surface area contributed by atoms with E-state index >= 15 is 0 Å². The molecule has 0 aliphatic carbocycles. The largest absolute Gasteiger partial charge is 0.346 e. The Morgan fingerprint density at radius 1 is 0.653 bits per heavy atom. The van der Waals surface area contributed by atoms with E-state index in [1.165, 1.54) is 12.1 Å². The number of amides is 8. The number of rotatable bonds is 13. The zero-order valence-corrected chi connectivity index (χ0v) is 29.6. The van der Waals surface area contributed by atoms with Crippen molar-refractivity contribution in [2.45, 2.75) is 77.9 Å². The Kier molecular flexibility index (Phi) is 24.3. The molecule has 49 heavy (non-hydrogen) atoms. The number of carbonyl (C=O) groups is 8. The van der Waals surface area contributed by atoms with E-state index in [-0.39, 0.29) is 85.4 Å². The van der Waals surface area contributed by atoms with Crippen LogP contribution in [0.5, 0.6) is 0 Å². The molecule has 1 fully saturated rings. The Balaban J connectivity index is 0. The monoisotopic (exact) mass is 761 g/mol. The first-order chi connectivity index (χ1) is 22.1. The van der Waals surface area contributed by atoms with E-state index in [1.54, 1.807) is 0 Å². The summed E-state index contributed by atoms with van der Waals surface area (Å²) in [5.41, 5.74) is 0. The van der Waals surface area contributed by atoms with Gasteiger partial charge in [-0.05, 0) is 43.6 Å². The van der Waals surface area contributed by atoms with Crippen LogP contribution in [0, 0.1) is 0 Å². The van der Waals surface area contributed by atoms with Gasteiger partial charge in [-0.25, -0.2) is 10.1 Å². The first-order valence-electron chi connectivity index (χ1n) is 14.9. The van der Waals surface area contributed by atoms with E-state index in [0.717, 1.165) is 13.8 Å². The Morgan fingerprint density at radius 3 is 1.45 bits per heavy atom. The van der Waals surface area contributed by atoms with E-state index in [0.29, 0.717) is 10.1 Å². The first kappa shape index (κ1) is 47.3. The van der Waals surface area contributed by atoms with Crippen LogP contribution in [0.15, 0.2) is 0 Å². The molecule has 277 valence electrons. The number of nitrogens with zero attached hydrogens (tertiary/aromatic N) is 3. The SMILES string of the molecule is C.CC(=O)N(O)CCCC1NC(=O)CNC(=O)CNC(=O)CNC(=O)C(CCCN(C)[OH+]O)NC(=O)C(CCCN(O)C(C)=O)NC1=O.[Ga]. The second-order valence-corrected chi connectivity index (χ2v) is 10.7. The van der Waals surface area contributed by atoms with E-state index in [4.69, 9.17) is 5.26 Å². The maximum Gasteiger partial charge on any atom is 0.243 e. The van der Waals surface area contributed by atoms with Crippen LogP contribution in [0.1, 0.15) is 59.8 Å². The van der Waals surface area contributed by atoms with Crippen molar-refractivity contribution in [3.8, 4) is 0 Å². The Labute approximate surface area is 297 Å². The van der Waals surface area contributed by atoms with E-state index in [9.17, 15) is 48.8 Å². The van der Waals surface area contributed by atoms with Crippen LogP contribution in [0.3, 0.4) is 0 Å². The normalized spacial score (nSPS) is 19.6. The first-order valence-corrected chi connectivity index (χ1v) is 14.9. The van der Waals surface area contributed by atoms with Crippen molar-refractivity contribution in [2.75, 3.05) is 46.3 Å². The average Bonchev–Trinajstić information content (AvgIpc) is 3.02. The fraction of sp³-hybridized carbons (Fsp3) is 0.704. The quantitative estimate of drug-likeness (QED) is 0.0287. The maximum absolute atomic E-state index is 13.5. The van der Waals surface area contributed by atoms with Crippen LogP contribution in [-0.2, 0) is 38.4 Å². The number of carbonyl (C=O) groups excluding carboxylic acids is 8. The molecule has 0 spiro atoms. The summed E-state index contributed by atoms with van der Waals surface area (Å²) in [5, 5.41) is 44.7. The number of nitrogens with one attached hydrogen (secondary N) is 6. The molecule has 0 aromatic carbocycles. The summed E-state index contributed by atoms with van der Waals surface area (Å²) in [5.74, 6) is -6.07. The predicted molar refractivity (Wildman–Crippen MR) is 170 cm³/mol. The van der Waals surface area contributed by atoms with Crippen molar-refractivity contribution < 1.29 is 59.0 Å². The summed E-state index contributed by atoms with van der Waals surface area (Å²) in [4.78, 5) is 103. The Bertz CT molecular complexity index is 1130. The predicted octanol–water partition coefficient (Wildman–Crippen LogP) is -3.80. The summed E-state index contributed by atoms with van der Waals surface area (Å²) in [6.07, 6.45) is 0.00771. The number of hydrogen-bond donors (Lipinski definition) is 9. The van der Waals surface area contributed by atoms with Crippen LogP contribution in [0.4, 0.5) is 0 Å².